The van der Waals surface area contributed by atoms with E-state index in [4.69, 9.17) is 4.74 Å². The monoisotopic (exact) mass is 183 g/mol. The zero-order valence-electron chi connectivity index (χ0n) is 7.21. The number of anilines is 1. The van der Waals surface area contributed by atoms with Crippen molar-refractivity contribution in [2.24, 2.45) is 0 Å². The lowest BCUT2D eigenvalue weighted by Crippen LogP contribution is -2.12. The largest absolute Gasteiger partial charge is 0.497 e. The van der Waals surface area contributed by atoms with Gasteiger partial charge < -0.3 is 10.1 Å². The smallest absolute Gasteiger partial charge is 0.255 e. The first-order chi connectivity index (χ1) is 6.26. The molecule has 0 spiro atoms. The lowest BCUT2D eigenvalue weighted by molar-refractivity contribution is -0.117. The van der Waals surface area contributed by atoms with Crippen LogP contribution in [-0.2, 0) is 4.79 Å². The Labute approximate surface area is 75.5 Å². The highest BCUT2D eigenvalue weighted by Gasteiger charge is 2.00. The third-order valence-corrected chi connectivity index (χ3v) is 1.47. The number of benzene rings is 1. The van der Waals surface area contributed by atoms with Crippen LogP contribution in [0.4, 0.5) is 10.1 Å². The highest BCUT2D eigenvalue weighted by molar-refractivity contribution is 5.91. The molecule has 0 radical (unpaired) electrons. The van der Waals surface area contributed by atoms with Crippen molar-refractivity contribution in [1.82, 2.24) is 0 Å². The molecule has 3 nitrogen and oxygen atoms in total. The van der Waals surface area contributed by atoms with E-state index < -0.39 is 12.6 Å². The van der Waals surface area contributed by atoms with Gasteiger partial charge in [0.25, 0.3) is 5.91 Å². The average molecular weight is 183 g/mol. The highest BCUT2D eigenvalue weighted by Crippen LogP contribution is 2.16. The van der Waals surface area contributed by atoms with Crippen LogP contribution in [0.25, 0.3) is 0 Å². The molecule has 1 N–H and O–H groups in total. The van der Waals surface area contributed by atoms with Crippen LogP contribution in [0.3, 0.4) is 0 Å². The number of hydrogen-bond acceptors (Lipinski definition) is 2. The summed E-state index contributed by atoms with van der Waals surface area (Å²) in [6, 6.07) is 6.74. The van der Waals surface area contributed by atoms with Crippen molar-refractivity contribution in [3.05, 3.63) is 24.3 Å². The molecule has 70 valence electrons. The van der Waals surface area contributed by atoms with E-state index >= 15 is 0 Å². The lowest BCUT2D eigenvalue weighted by atomic mass is 10.3. The van der Waals surface area contributed by atoms with Crippen molar-refractivity contribution in [3.63, 3.8) is 0 Å². The standard InChI is InChI=1S/C9H10FNO2/c1-13-8-4-2-3-7(5-8)11-9(12)6-10/h2-5H,6H2,1H3,(H,11,12). The number of alkyl halides is 1. The minimum atomic E-state index is -1.02. The van der Waals surface area contributed by atoms with E-state index in [-0.39, 0.29) is 0 Å². The second kappa shape index (κ2) is 4.45. The van der Waals surface area contributed by atoms with Gasteiger partial charge in [-0.1, -0.05) is 6.07 Å². The van der Waals surface area contributed by atoms with Crippen LogP contribution >= 0.6 is 0 Å². The van der Waals surface area contributed by atoms with Crippen molar-refractivity contribution in [3.8, 4) is 5.75 Å². The summed E-state index contributed by atoms with van der Waals surface area (Å²) in [5.74, 6) is -0.0371. The molecule has 1 aromatic rings. The first-order valence-corrected chi connectivity index (χ1v) is 3.76. The second-order valence-corrected chi connectivity index (χ2v) is 2.41. The van der Waals surface area contributed by atoms with Crippen molar-refractivity contribution >= 4 is 11.6 Å². The molecule has 0 aliphatic carbocycles. The van der Waals surface area contributed by atoms with Gasteiger partial charge in [0.1, 0.15) is 5.75 Å². The van der Waals surface area contributed by atoms with Crippen molar-refractivity contribution < 1.29 is 13.9 Å². The van der Waals surface area contributed by atoms with E-state index in [1.54, 1.807) is 24.3 Å². The Morgan fingerprint density at radius 1 is 1.62 bits per heavy atom. The summed E-state index contributed by atoms with van der Waals surface area (Å²) < 4.78 is 16.7. The van der Waals surface area contributed by atoms with Gasteiger partial charge in [0, 0.05) is 11.8 Å². The molecule has 4 heteroatoms. The maximum atomic E-state index is 11.8. The summed E-state index contributed by atoms with van der Waals surface area (Å²) in [5, 5.41) is 2.37. The normalized spacial score (nSPS) is 9.38. The topological polar surface area (TPSA) is 38.3 Å². The minimum Gasteiger partial charge on any atom is -0.497 e. The van der Waals surface area contributed by atoms with E-state index in [9.17, 15) is 9.18 Å². The molecule has 1 aromatic carbocycles. The third kappa shape index (κ3) is 2.74. The molecule has 0 aliphatic rings. The van der Waals surface area contributed by atoms with E-state index in [2.05, 4.69) is 5.32 Å². The first-order valence-electron chi connectivity index (χ1n) is 3.76. The van der Waals surface area contributed by atoms with E-state index in [0.717, 1.165) is 0 Å². The van der Waals surface area contributed by atoms with Crippen LogP contribution in [0, 0.1) is 0 Å². The number of hydrogen-bond donors (Lipinski definition) is 1. The van der Waals surface area contributed by atoms with Crippen LogP contribution in [0.15, 0.2) is 24.3 Å². The van der Waals surface area contributed by atoms with Gasteiger partial charge in [0.05, 0.1) is 7.11 Å². The third-order valence-electron chi connectivity index (χ3n) is 1.47. The molecule has 0 bridgehead atoms. The first kappa shape index (κ1) is 9.51. The predicted molar refractivity (Wildman–Crippen MR) is 47.6 cm³/mol. The lowest BCUT2D eigenvalue weighted by Gasteiger charge is -2.04. The Morgan fingerprint density at radius 3 is 3.00 bits per heavy atom. The quantitative estimate of drug-likeness (QED) is 0.773. The summed E-state index contributed by atoms with van der Waals surface area (Å²) >= 11 is 0. The van der Waals surface area contributed by atoms with E-state index in [0.29, 0.717) is 11.4 Å². The molecule has 0 heterocycles. The molecule has 0 saturated heterocycles. The van der Waals surface area contributed by atoms with Crippen LogP contribution in [0.2, 0.25) is 0 Å². The number of nitrogens with one attached hydrogen (secondary N) is 1. The summed E-state index contributed by atoms with van der Waals surface area (Å²) in [7, 11) is 1.52. The number of rotatable bonds is 3. The maximum absolute atomic E-state index is 11.8. The fourth-order valence-corrected chi connectivity index (χ4v) is 0.895. The van der Waals surface area contributed by atoms with E-state index in [1.165, 1.54) is 7.11 Å². The highest BCUT2D eigenvalue weighted by atomic mass is 19.1. The van der Waals surface area contributed by atoms with Crippen LogP contribution in [-0.4, -0.2) is 19.7 Å². The Kier molecular flexibility index (Phi) is 3.25. The Bertz CT molecular complexity index is 301. The van der Waals surface area contributed by atoms with E-state index in [1.807, 2.05) is 0 Å². The molecular formula is C9H10FNO2. The summed E-state index contributed by atoms with van der Waals surface area (Å²) in [6.45, 7) is -1.02. The summed E-state index contributed by atoms with van der Waals surface area (Å²) in [4.78, 5) is 10.7. The summed E-state index contributed by atoms with van der Waals surface area (Å²) in [5.41, 5.74) is 0.530. The van der Waals surface area contributed by atoms with Gasteiger partial charge in [-0.05, 0) is 12.1 Å². The van der Waals surface area contributed by atoms with Gasteiger partial charge in [-0.3, -0.25) is 4.79 Å². The predicted octanol–water partition coefficient (Wildman–Crippen LogP) is 1.60. The molecule has 1 amide bonds. The van der Waals surface area contributed by atoms with Crippen LogP contribution in [0.5, 0.6) is 5.75 Å². The fourth-order valence-electron chi connectivity index (χ4n) is 0.895. The van der Waals surface area contributed by atoms with Gasteiger partial charge in [0.15, 0.2) is 6.67 Å². The Balaban J connectivity index is 2.71. The molecule has 0 fully saturated rings. The zero-order valence-corrected chi connectivity index (χ0v) is 7.21. The molecule has 0 aliphatic heterocycles. The number of carbonyl (C=O) groups excluding carboxylic acids is 1. The molecule has 0 atom stereocenters. The molecule has 0 aromatic heterocycles. The maximum Gasteiger partial charge on any atom is 0.255 e. The van der Waals surface area contributed by atoms with Gasteiger partial charge >= 0.3 is 0 Å². The Morgan fingerprint density at radius 2 is 2.38 bits per heavy atom. The molecule has 0 unspecified atom stereocenters. The second-order valence-electron chi connectivity index (χ2n) is 2.41. The minimum absolute atomic E-state index is 0.530. The molecule has 0 saturated carbocycles. The zero-order chi connectivity index (χ0) is 9.68. The van der Waals surface area contributed by atoms with Crippen LogP contribution in [0.1, 0.15) is 0 Å². The van der Waals surface area contributed by atoms with Gasteiger partial charge in [-0.15, -0.1) is 0 Å². The van der Waals surface area contributed by atoms with Crippen molar-refractivity contribution in [2.75, 3.05) is 19.1 Å². The summed E-state index contributed by atoms with van der Waals surface area (Å²) in [6.07, 6.45) is 0. The van der Waals surface area contributed by atoms with Crippen LogP contribution < -0.4 is 10.1 Å². The SMILES string of the molecule is COc1cccc(NC(=O)CF)c1. The number of ether oxygens (including phenoxy) is 1. The number of methoxy groups -OCH3 is 1. The van der Waals surface area contributed by atoms with Gasteiger partial charge in [-0.2, -0.15) is 0 Å². The number of amides is 1. The molecule has 1 rings (SSSR count). The van der Waals surface area contributed by atoms with Crippen molar-refractivity contribution in [1.29, 1.82) is 0 Å². The molecular weight excluding hydrogens is 173 g/mol. The van der Waals surface area contributed by atoms with Crippen molar-refractivity contribution in [2.45, 2.75) is 0 Å². The average Bonchev–Trinajstić information content (AvgIpc) is 2.18. The fraction of sp³-hybridized carbons (Fsp3) is 0.222. The Hall–Kier alpha value is -1.58. The molecule has 13 heavy (non-hydrogen) atoms. The van der Waals surface area contributed by atoms with Gasteiger partial charge in [0.2, 0.25) is 0 Å². The van der Waals surface area contributed by atoms with Gasteiger partial charge in [-0.25, -0.2) is 4.39 Å². The number of halogens is 1. The number of carbonyl (C=O) groups is 1.